The van der Waals surface area contributed by atoms with Crippen molar-refractivity contribution in [2.75, 3.05) is 26.2 Å². The molecule has 0 saturated carbocycles. The number of nitrogens with zero attached hydrogens (tertiary/aromatic N) is 3. The van der Waals surface area contributed by atoms with Gasteiger partial charge in [0.1, 0.15) is 11.7 Å². The predicted octanol–water partition coefficient (Wildman–Crippen LogP) is -0.0206. The van der Waals surface area contributed by atoms with Crippen molar-refractivity contribution in [1.29, 1.82) is 5.41 Å². The van der Waals surface area contributed by atoms with Gasteiger partial charge in [-0.2, -0.15) is 5.10 Å². The van der Waals surface area contributed by atoms with Crippen molar-refractivity contribution in [2.45, 2.75) is 13.3 Å². The molecule has 1 aliphatic heterocycles. The van der Waals surface area contributed by atoms with E-state index in [1.165, 1.54) is 0 Å². The lowest BCUT2D eigenvalue weighted by atomic mass is 10.3. The smallest absolute Gasteiger partial charge is 0.175 e. The van der Waals surface area contributed by atoms with Crippen LogP contribution in [0, 0.1) is 12.3 Å². The second-order valence-electron chi connectivity index (χ2n) is 4.37. The lowest BCUT2D eigenvalue weighted by molar-refractivity contribution is 0.352. The molecule has 0 bridgehead atoms. The summed E-state index contributed by atoms with van der Waals surface area (Å²) in [4.78, 5) is 6.21. The average Bonchev–Trinajstić information content (AvgIpc) is 2.75. The number of aromatic nitrogens is 2. The van der Waals surface area contributed by atoms with Crippen LogP contribution in [0.3, 0.4) is 0 Å². The Kier molecular flexibility index (Phi) is 3.93. The highest BCUT2D eigenvalue weighted by Crippen LogP contribution is 2.08. The lowest BCUT2D eigenvalue weighted by Crippen LogP contribution is -2.47. The standard InChI is InChI=1S/C11H19N7/c1-8-6-11(17-16-8)15-9(12)7-10(13)18-4-2-14-3-5-18/h6,13-14H,2-5,7H2,1H3,(H3,12,15,16,17). The Balaban J connectivity index is 1.91. The number of amidine groups is 2. The summed E-state index contributed by atoms with van der Waals surface area (Å²) in [6, 6.07) is 1.82. The highest BCUT2D eigenvalue weighted by atomic mass is 15.2. The predicted molar refractivity (Wildman–Crippen MR) is 71.4 cm³/mol. The zero-order valence-electron chi connectivity index (χ0n) is 10.5. The summed E-state index contributed by atoms with van der Waals surface area (Å²) >= 11 is 0. The number of rotatable bonds is 3. The van der Waals surface area contributed by atoms with E-state index in [2.05, 4.69) is 20.5 Å². The summed E-state index contributed by atoms with van der Waals surface area (Å²) in [6.07, 6.45) is 0.367. The fourth-order valence-corrected chi connectivity index (χ4v) is 1.87. The van der Waals surface area contributed by atoms with E-state index in [-0.39, 0.29) is 0 Å². The molecular formula is C11H19N7. The lowest BCUT2D eigenvalue weighted by Gasteiger charge is -2.29. The van der Waals surface area contributed by atoms with Gasteiger partial charge in [0.25, 0.3) is 0 Å². The molecule has 1 aromatic heterocycles. The minimum atomic E-state index is 0.367. The van der Waals surface area contributed by atoms with E-state index in [4.69, 9.17) is 11.1 Å². The number of hydrogen-bond donors (Lipinski definition) is 4. The van der Waals surface area contributed by atoms with Gasteiger partial charge < -0.3 is 16.0 Å². The number of nitrogens with two attached hydrogens (primary N) is 1. The Morgan fingerprint density at radius 2 is 2.28 bits per heavy atom. The number of aromatic amines is 1. The Hall–Kier alpha value is -1.89. The van der Waals surface area contributed by atoms with Crippen molar-refractivity contribution in [1.82, 2.24) is 20.4 Å². The van der Waals surface area contributed by atoms with Gasteiger partial charge in [-0.15, -0.1) is 0 Å². The van der Waals surface area contributed by atoms with Gasteiger partial charge in [-0.25, -0.2) is 4.99 Å². The number of aliphatic imine (C=N–C) groups is 1. The summed E-state index contributed by atoms with van der Waals surface area (Å²) in [5.41, 5.74) is 6.78. The van der Waals surface area contributed by atoms with Crippen LogP contribution < -0.4 is 11.1 Å². The highest BCUT2D eigenvalue weighted by molar-refractivity contribution is 6.01. The van der Waals surface area contributed by atoms with Crippen LogP contribution in [0.5, 0.6) is 0 Å². The molecule has 0 amide bonds. The second-order valence-corrected chi connectivity index (χ2v) is 4.37. The van der Waals surface area contributed by atoms with E-state index in [9.17, 15) is 0 Å². The van der Waals surface area contributed by atoms with E-state index < -0.39 is 0 Å². The van der Waals surface area contributed by atoms with E-state index in [1.807, 2.05) is 17.9 Å². The van der Waals surface area contributed by atoms with Crippen molar-refractivity contribution in [3.05, 3.63) is 11.8 Å². The van der Waals surface area contributed by atoms with Crippen molar-refractivity contribution < 1.29 is 0 Å². The number of H-pyrrole nitrogens is 1. The first-order valence-electron chi connectivity index (χ1n) is 6.03. The molecule has 2 rings (SSSR count). The minimum absolute atomic E-state index is 0.367. The summed E-state index contributed by atoms with van der Waals surface area (Å²) in [5.74, 6) is 1.51. The van der Waals surface area contributed by atoms with E-state index in [0.29, 0.717) is 23.9 Å². The Bertz CT molecular complexity index is 442. The Labute approximate surface area is 106 Å². The van der Waals surface area contributed by atoms with Gasteiger partial charge in [-0.3, -0.25) is 10.5 Å². The average molecular weight is 249 g/mol. The normalized spacial score (nSPS) is 16.9. The van der Waals surface area contributed by atoms with Gasteiger partial charge in [-0.1, -0.05) is 0 Å². The maximum atomic E-state index is 7.99. The molecule has 0 atom stereocenters. The first-order chi connectivity index (χ1) is 8.65. The number of aryl methyl sites for hydroxylation is 1. The number of nitrogens with one attached hydrogen (secondary N) is 3. The van der Waals surface area contributed by atoms with Crippen LogP contribution >= 0.6 is 0 Å². The molecule has 0 radical (unpaired) electrons. The fourth-order valence-electron chi connectivity index (χ4n) is 1.87. The molecule has 1 aromatic rings. The van der Waals surface area contributed by atoms with Crippen molar-refractivity contribution >= 4 is 17.5 Å². The first kappa shape index (κ1) is 12.6. The molecule has 98 valence electrons. The van der Waals surface area contributed by atoms with Gasteiger partial charge in [0.05, 0.1) is 6.42 Å². The van der Waals surface area contributed by atoms with Crippen molar-refractivity contribution in [3.8, 4) is 0 Å². The molecule has 5 N–H and O–H groups in total. The van der Waals surface area contributed by atoms with Crippen LogP contribution in [0.1, 0.15) is 12.1 Å². The van der Waals surface area contributed by atoms with Crippen LogP contribution in [0.4, 0.5) is 5.82 Å². The molecule has 2 heterocycles. The molecular weight excluding hydrogens is 230 g/mol. The SMILES string of the molecule is Cc1cc(N=C(N)CC(=N)N2CCNCC2)n[nH]1. The van der Waals surface area contributed by atoms with Gasteiger partial charge in [0.2, 0.25) is 0 Å². The van der Waals surface area contributed by atoms with Crippen LogP contribution in [0.2, 0.25) is 0 Å². The third kappa shape index (κ3) is 3.30. The quantitative estimate of drug-likeness (QED) is 0.446. The fraction of sp³-hybridized carbons (Fsp3) is 0.545. The monoisotopic (exact) mass is 249 g/mol. The van der Waals surface area contributed by atoms with Crippen LogP contribution in [0.15, 0.2) is 11.1 Å². The first-order valence-corrected chi connectivity index (χ1v) is 6.03. The number of hydrogen-bond acceptors (Lipinski definition) is 4. The summed E-state index contributed by atoms with van der Waals surface area (Å²) in [5, 5.41) is 18.0. The summed E-state index contributed by atoms with van der Waals surface area (Å²) in [7, 11) is 0. The van der Waals surface area contributed by atoms with Gasteiger partial charge in [-0.05, 0) is 6.92 Å². The Morgan fingerprint density at radius 1 is 1.56 bits per heavy atom. The topological polar surface area (TPSA) is 106 Å². The maximum absolute atomic E-state index is 7.99. The van der Waals surface area contributed by atoms with E-state index >= 15 is 0 Å². The molecule has 0 aliphatic carbocycles. The molecule has 7 heteroatoms. The van der Waals surface area contributed by atoms with Crippen LogP contribution in [-0.4, -0.2) is 52.9 Å². The molecule has 0 spiro atoms. The molecule has 1 aliphatic rings. The molecule has 7 nitrogen and oxygen atoms in total. The third-order valence-corrected chi connectivity index (χ3v) is 2.80. The summed E-state index contributed by atoms with van der Waals surface area (Å²) in [6.45, 7) is 5.45. The van der Waals surface area contributed by atoms with E-state index in [1.54, 1.807) is 0 Å². The zero-order valence-corrected chi connectivity index (χ0v) is 10.5. The summed E-state index contributed by atoms with van der Waals surface area (Å²) < 4.78 is 0. The number of piperazine rings is 1. The minimum Gasteiger partial charge on any atom is -0.387 e. The largest absolute Gasteiger partial charge is 0.387 e. The zero-order chi connectivity index (χ0) is 13.0. The molecule has 1 fully saturated rings. The maximum Gasteiger partial charge on any atom is 0.175 e. The second kappa shape index (κ2) is 5.63. The van der Waals surface area contributed by atoms with Crippen molar-refractivity contribution in [3.63, 3.8) is 0 Å². The highest BCUT2D eigenvalue weighted by Gasteiger charge is 2.13. The van der Waals surface area contributed by atoms with Gasteiger partial charge in [0.15, 0.2) is 5.82 Å². The molecule has 0 unspecified atom stereocenters. The van der Waals surface area contributed by atoms with Gasteiger partial charge >= 0.3 is 0 Å². The van der Waals surface area contributed by atoms with Gasteiger partial charge in [0, 0.05) is 37.9 Å². The molecule has 1 saturated heterocycles. The molecule has 18 heavy (non-hydrogen) atoms. The Morgan fingerprint density at radius 3 is 2.89 bits per heavy atom. The van der Waals surface area contributed by atoms with Crippen LogP contribution in [0.25, 0.3) is 0 Å². The van der Waals surface area contributed by atoms with Crippen LogP contribution in [-0.2, 0) is 0 Å². The van der Waals surface area contributed by atoms with Crippen molar-refractivity contribution in [2.24, 2.45) is 10.7 Å². The van der Waals surface area contributed by atoms with E-state index in [0.717, 1.165) is 31.9 Å². The molecule has 0 aromatic carbocycles. The third-order valence-electron chi connectivity index (χ3n) is 2.80.